The third-order valence-corrected chi connectivity index (χ3v) is 4.06. The van der Waals surface area contributed by atoms with Gasteiger partial charge in [-0.2, -0.15) is 5.10 Å². The van der Waals surface area contributed by atoms with E-state index in [0.717, 1.165) is 38.1 Å². The molecule has 0 bridgehead atoms. The first-order chi connectivity index (χ1) is 8.72. The van der Waals surface area contributed by atoms with Crippen LogP contribution in [0.1, 0.15) is 51.5 Å². The van der Waals surface area contributed by atoms with E-state index >= 15 is 0 Å². The first-order valence-electron chi connectivity index (χ1n) is 7.27. The molecule has 2 rings (SSSR count). The van der Waals surface area contributed by atoms with E-state index in [9.17, 15) is 4.79 Å². The van der Waals surface area contributed by atoms with Gasteiger partial charge in [-0.1, -0.05) is 19.8 Å². The second kappa shape index (κ2) is 6.17. The Bertz CT molecular complexity index is 397. The molecule has 18 heavy (non-hydrogen) atoms. The maximum atomic E-state index is 12.0. The Morgan fingerprint density at radius 2 is 2.28 bits per heavy atom. The minimum atomic E-state index is 0.241. The summed E-state index contributed by atoms with van der Waals surface area (Å²) >= 11 is 0. The number of aryl methyl sites for hydroxylation is 1. The van der Waals surface area contributed by atoms with Gasteiger partial charge in [-0.25, -0.2) is 0 Å². The van der Waals surface area contributed by atoms with Gasteiger partial charge in [-0.05, 0) is 37.7 Å². The molecule has 1 heterocycles. The molecule has 1 aromatic heterocycles. The van der Waals surface area contributed by atoms with Crippen LogP contribution in [0.2, 0.25) is 0 Å². The summed E-state index contributed by atoms with van der Waals surface area (Å²) in [5.74, 6) is 1.47. The monoisotopic (exact) mass is 248 g/mol. The van der Waals surface area contributed by atoms with Crippen LogP contribution in [0.15, 0.2) is 12.4 Å². The zero-order valence-corrected chi connectivity index (χ0v) is 11.6. The zero-order chi connectivity index (χ0) is 13.0. The van der Waals surface area contributed by atoms with Crippen LogP contribution in [0.3, 0.4) is 0 Å². The van der Waals surface area contributed by atoms with Crippen LogP contribution in [0.5, 0.6) is 0 Å². The summed E-state index contributed by atoms with van der Waals surface area (Å²) in [4.78, 5) is 12.0. The highest BCUT2D eigenvalue weighted by Crippen LogP contribution is 2.31. The fourth-order valence-corrected chi connectivity index (χ4v) is 3.04. The molecular formula is C15H24N2O. The molecule has 2 atom stereocenters. The molecule has 1 aliphatic rings. The SMILES string of the molecule is CCCC1CCC(=O)C(Cc2cnn(CC)c2)C1. The van der Waals surface area contributed by atoms with Crippen LogP contribution >= 0.6 is 0 Å². The molecule has 0 N–H and O–H groups in total. The summed E-state index contributed by atoms with van der Waals surface area (Å²) < 4.78 is 1.94. The molecule has 1 aliphatic carbocycles. The van der Waals surface area contributed by atoms with Gasteiger partial charge in [-0.3, -0.25) is 9.48 Å². The lowest BCUT2D eigenvalue weighted by Crippen LogP contribution is -2.26. The first-order valence-corrected chi connectivity index (χ1v) is 7.27. The Hall–Kier alpha value is -1.12. The van der Waals surface area contributed by atoms with Crippen molar-refractivity contribution in [3.63, 3.8) is 0 Å². The van der Waals surface area contributed by atoms with E-state index in [4.69, 9.17) is 0 Å². The van der Waals surface area contributed by atoms with Crippen LogP contribution in [0.25, 0.3) is 0 Å². The standard InChI is InChI=1S/C15H24N2O/c1-3-5-12-6-7-15(18)14(8-12)9-13-10-16-17(4-2)11-13/h10-12,14H,3-9H2,1-2H3. The Balaban J connectivity index is 1.95. The van der Waals surface area contributed by atoms with Crippen LogP contribution in [-0.2, 0) is 17.8 Å². The predicted octanol–water partition coefficient (Wildman–Crippen LogP) is 3.23. The van der Waals surface area contributed by atoms with Crippen LogP contribution in [0.4, 0.5) is 0 Å². The van der Waals surface area contributed by atoms with Crippen molar-refractivity contribution in [2.24, 2.45) is 11.8 Å². The molecule has 3 nitrogen and oxygen atoms in total. The molecule has 1 saturated carbocycles. The van der Waals surface area contributed by atoms with Crippen molar-refractivity contribution in [2.75, 3.05) is 0 Å². The molecule has 2 unspecified atom stereocenters. The molecule has 1 aromatic rings. The van der Waals surface area contributed by atoms with Gasteiger partial charge < -0.3 is 0 Å². The number of hydrogen-bond donors (Lipinski definition) is 0. The van der Waals surface area contributed by atoms with E-state index in [0.29, 0.717) is 5.78 Å². The number of hydrogen-bond acceptors (Lipinski definition) is 2. The first kappa shape index (κ1) is 13.3. The molecule has 0 aromatic carbocycles. The number of ketones is 1. The van der Waals surface area contributed by atoms with Gasteiger partial charge in [0, 0.05) is 25.1 Å². The fourth-order valence-electron chi connectivity index (χ4n) is 3.04. The maximum absolute atomic E-state index is 12.0. The lowest BCUT2D eigenvalue weighted by atomic mass is 9.76. The third-order valence-electron chi connectivity index (χ3n) is 4.06. The van der Waals surface area contributed by atoms with Crippen LogP contribution < -0.4 is 0 Å². The molecule has 0 radical (unpaired) electrons. The molecule has 100 valence electrons. The summed E-state index contributed by atoms with van der Waals surface area (Å²) in [5, 5.41) is 4.29. The lowest BCUT2D eigenvalue weighted by Gasteiger charge is -2.27. The number of aromatic nitrogens is 2. The molecule has 0 amide bonds. The van der Waals surface area contributed by atoms with Gasteiger partial charge in [0.15, 0.2) is 0 Å². The molecule has 3 heteroatoms. The van der Waals surface area contributed by atoms with E-state index in [1.807, 2.05) is 10.9 Å². The number of nitrogens with zero attached hydrogens (tertiary/aromatic N) is 2. The second-order valence-corrected chi connectivity index (χ2v) is 5.50. The van der Waals surface area contributed by atoms with Gasteiger partial charge in [-0.15, -0.1) is 0 Å². The minimum absolute atomic E-state index is 0.241. The normalized spacial score (nSPS) is 24.4. The van der Waals surface area contributed by atoms with Gasteiger partial charge in [0.1, 0.15) is 5.78 Å². The maximum Gasteiger partial charge on any atom is 0.136 e. The van der Waals surface area contributed by atoms with E-state index in [2.05, 4.69) is 25.1 Å². The molecule has 1 fully saturated rings. The quantitative estimate of drug-likeness (QED) is 0.802. The van der Waals surface area contributed by atoms with Gasteiger partial charge in [0.25, 0.3) is 0 Å². The minimum Gasteiger partial charge on any atom is -0.299 e. The number of rotatable bonds is 5. The van der Waals surface area contributed by atoms with Crippen molar-refractivity contribution in [2.45, 2.75) is 58.9 Å². The van der Waals surface area contributed by atoms with E-state index in [1.165, 1.54) is 18.4 Å². The Morgan fingerprint density at radius 3 is 2.94 bits per heavy atom. The van der Waals surface area contributed by atoms with Crippen molar-refractivity contribution in [1.29, 1.82) is 0 Å². The van der Waals surface area contributed by atoms with Gasteiger partial charge in [0.05, 0.1) is 6.20 Å². The summed E-state index contributed by atoms with van der Waals surface area (Å²) in [5.41, 5.74) is 1.22. The number of carbonyl (C=O) groups is 1. The average molecular weight is 248 g/mol. The number of carbonyl (C=O) groups excluding carboxylic acids is 1. The van der Waals surface area contributed by atoms with Crippen molar-refractivity contribution in [3.8, 4) is 0 Å². The van der Waals surface area contributed by atoms with Crippen LogP contribution in [-0.4, -0.2) is 15.6 Å². The highest BCUT2D eigenvalue weighted by molar-refractivity contribution is 5.82. The predicted molar refractivity (Wildman–Crippen MR) is 72.4 cm³/mol. The largest absolute Gasteiger partial charge is 0.299 e. The highest BCUT2D eigenvalue weighted by atomic mass is 16.1. The molecule has 0 saturated heterocycles. The van der Waals surface area contributed by atoms with Gasteiger partial charge >= 0.3 is 0 Å². The number of Topliss-reactive ketones (excluding diaryl/α,β-unsaturated/α-hetero) is 1. The summed E-state index contributed by atoms with van der Waals surface area (Å²) in [6.07, 6.45) is 10.4. The van der Waals surface area contributed by atoms with E-state index in [-0.39, 0.29) is 5.92 Å². The molecular weight excluding hydrogens is 224 g/mol. The summed E-state index contributed by atoms with van der Waals surface area (Å²) in [6, 6.07) is 0. The zero-order valence-electron chi connectivity index (χ0n) is 11.6. The van der Waals surface area contributed by atoms with Gasteiger partial charge in [0.2, 0.25) is 0 Å². The Morgan fingerprint density at radius 1 is 1.44 bits per heavy atom. The second-order valence-electron chi connectivity index (χ2n) is 5.50. The molecule has 0 aliphatic heterocycles. The fraction of sp³-hybridized carbons (Fsp3) is 0.733. The molecule has 0 spiro atoms. The van der Waals surface area contributed by atoms with Crippen molar-refractivity contribution < 1.29 is 4.79 Å². The van der Waals surface area contributed by atoms with Crippen LogP contribution in [0, 0.1) is 11.8 Å². The Kier molecular flexibility index (Phi) is 4.56. The lowest BCUT2D eigenvalue weighted by molar-refractivity contribution is -0.125. The van der Waals surface area contributed by atoms with Crippen molar-refractivity contribution >= 4 is 5.78 Å². The topological polar surface area (TPSA) is 34.9 Å². The van der Waals surface area contributed by atoms with Crippen molar-refractivity contribution in [1.82, 2.24) is 9.78 Å². The Labute approximate surface area is 110 Å². The highest BCUT2D eigenvalue weighted by Gasteiger charge is 2.28. The van der Waals surface area contributed by atoms with E-state index in [1.54, 1.807) is 0 Å². The van der Waals surface area contributed by atoms with E-state index < -0.39 is 0 Å². The van der Waals surface area contributed by atoms with Crippen molar-refractivity contribution in [3.05, 3.63) is 18.0 Å². The average Bonchev–Trinajstić information content (AvgIpc) is 2.81. The smallest absolute Gasteiger partial charge is 0.136 e. The summed E-state index contributed by atoms with van der Waals surface area (Å²) in [7, 11) is 0. The summed E-state index contributed by atoms with van der Waals surface area (Å²) in [6.45, 7) is 5.22. The third kappa shape index (κ3) is 3.21.